The molecule has 1 N–H and O–H groups in total. The number of Topliss-reactive ketones (excluding diaryl/α,β-unsaturated/α-hetero) is 1. The summed E-state index contributed by atoms with van der Waals surface area (Å²) in [6.07, 6.45) is 1.85. The monoisotopic (exact) mass is 374 g/mol. The molecule has 1 amide bonds. The van der Waals surface area contributed by atoms with E-state index in [0.29, 0.717) is 16.9 Å². The Morgan fingerprint density at radius 1 is 1.15 bits per heavy atom. The van der Waals surface area contributed by atoms with E-state index in [-0.39, 0.29) is 16.4 Å². The van der Waals surface area contributed by atoms with Crippen molar-refractivity contribution in [1.29, 1.82) is 0 Å². The number of carbonyl (C=O) groups excluding carboxylic acids is 2. The van der Waals surface area contributed by atoms with Crippen molar-refractivity contribution >= 4 is 23.3 Å². The van der Waals surface area contributed by atoms with Crippen molar-refractivity contribution in [3.05, 3.63) is 70.3 Å². The Labute approximate surface area is 156 Å². The van der Waals surface area contributed by atoms with Crippen LogP contribution in [0.2, 0.25) is 5.02 Å². The molecule has 26 heavy (non-hydrogen) atoms. The van der Waals surface area contributed by atoms with Gasteiger partial charge in [-0.15, -0.1) is 0 Å². The van der Waals surface area contributed by atoms with Crippen molar-refractivity contribution in [2.45, 2.75) is 32.4 Å². The van der Waals surface area contributed by atoms with Crippen LogP contribution in [0.3, 0.4) is 0 Å². The van der Waals surface area contributed by atoms with Crippen LogP contribution in [-0.4, -0.2) is 17.3 Å². The fraction of sp³-hybridized carbons (Fsp3) is 0.250. The molecule has 2 aromatic carbocycles. The van der Waals surface area contributed by atoms with E-state index in [1.54, 1.807) is 18.2 Å². The Morgan fingerprint density at radius 2 is 1.85 bits per heavy atom. The minimum atomic E-state index is -0.608. The summed E-state index contributed by atoms with van der Waals surface area (Å²) >= 11 is 5.76. The third kappa shape index (κ3) is 3.73. The van der Waals surface area contributed by atoms with Gasteiger partial charge in [0.15, 0.2) is 5.78 Å². The van der Waals surface area contributed by atoms with Gasteiger partial charge in [0, 0.05) is 23.1 Å². The quantitative estimate of drug-likeness (QED) is 0.803. The largest absolute Gasteiger partial charge is 0.487 e. The van der Waals surface area contributed by atoms with Crippen molar-refractivity contribution in [3.63, 3.8) is 0 Å². The summed E-state index contributed by atoms with van der Waals surface area (Å²) in [7, 11) is 0. The van der Waals surface area contributed by atoms with E-state index in [0.717, 1.165) is 6.07 Å². The third-order valence-electron chi connectivity index (χ3n) is 4.16. The van der Waals surface area contributed by atoms with Gasteiger partial charge in [0.2, 0.25) is 0 Å². The van der Waals surface area contributed by atoms with Crippen molar-refractivity contribution in [1.82, 2.24) is 5.32 Å². The number of carbonyl (C=O) groups is 2. The molecule has 1 aliphatic rings. The second-order valence-electron chi connectivity index (χ2n) is 6.76. The van der Waals surface area contributed by atoms with E-state index in [1.165, 1.54) is 19.1 Å². The fourth-order valence-corrected chi connectivity index (χ4v) is 3.07. The van der Waals surface area contributed by atoms with Gasteiger partial charge in [-0.05, 0) is 57.2 Å². The van der Waals surface area contributed by atoms with Crippen molar-refractivity contribution in [2.75, 3.05) is 0 Å². The van der Waals surface area contributed by atoms with Gasteiger partial charge in [-0.3, -0.25) is 9.59 Å². The Bertz CT molecular complexity index is 895. The minimum Gasteiger partial charge on any atom is -0.487 e. The number of halogens is 2. The zero-order valence-electron chi connectivity index (χ0n) is 14.6. The standard InChI is InChI=1S/C20H18ClFNO3/c1-11(24)12-5-7-18-14(8-12)17(10-20(2,3)26-18)23-19(25)13-4-6-16(22)15(21)9-13/h4-10,17H,1-3H3,(H,23,25). The van der Waals surface area contributed by atoms with Crippen LogP contribution < -0.4 is 10.1 Å². The zero-order chi connectivity index (χ0) is 19.1. The molecule has 1 atom stereocenters. The number of hydrogen-bond acceptors (Lipinski definition) is 3. The second kappa shape index (κ2) is 6.72. The van der Waals surface area contributed by atoms with Crippen molar-refractivity contribution in [2.24, 2.45) is 0 Å². The van der Waals surface area contributed by atoms with Gasteiger partial charge in [0.05, 0.1) is 11.1 Å². The van der Waals surface area contributed by atoms with E-state index < -0.39 is 23.4 Å². The molecule has 2 aromatic rings. The summed E-state index contributed by atoms with van der Waals surface area (Å²) in [6, 6.07) is 8.47. The predicted octanol–water partition coefficient (Wildman–Crippen LogP) is 4.53. The van der Waals surface area contributed by atoms with Gasteiger partial charge in [-0.1, -0.05) is 11.6 Å². The first-order valence-electron chi connectivity index (χ1n) is 8.12. The number of ketones is 1. The number of hydrogen-bond donors (Lipinski definition) is 1. The molecule has 0 aromatic heterocycles. The van der Waals surface area contributed by atoms with Gasteiger partial charge < -0.3 is 10.1 Å². The van der Waals surface area contributed by atoms with E-state index >= 15 is 0 Å². The number of benzene rings is 2. The maximum absolute atomic E-state index is 13.3. The minimum absolute atomic E-state index is 0.0759. The molecule has 0 spiro atoms. The summed E-state index contributed by atoms with van der Waals surface area (Å²) in [4.78, 5) is 24.3. The summed E-state index contributed by atoms with van der Waals surface area (Å²) in [5.41, 5.74) is 0.866. The highest BCUT2D eigenvalue weighted by molar-refractivity contribution is 6.31. The lowest BCUT2D eigenvalue weighted by molar-refractivity contribution is 0.0889. The lowest BCUT2D eigenvalue weighted by Gasteiger charge is -2.37. The number of fused-ring (bicyclic) bond motifs is 1. The Hall–Kier alpha value is -2.40. The SMILES string of the molecule is CC(=O)c1ccc2c(c1)C(NC(=O)c1ccc(F)c(Cl)c1)[CH]C(C)(C)O2. The summed E-state index contributed by atoms with van der Waals surface area (Å²) in [6.45, 7) is 5.23. The normalized spacial score (nSPS) is 17.8. The Morgan fingerprint density at radius 3 is 2.50 bits per heavy atom. The summed E-state index contributed by atoms with van der Waals surface area (Å²) < 4.78 is 19.2. The van der Waals surface area contributed by atoms with Crippen LogP contribution in [0.1, 0.15) is 53.1 Å². The maximum Gasteiger partial charge on any atom is 0.251 e. The smallest absolute Gasteiger partial charge is 0.251 e. The maximum atomic E-state index is 13.3. The van der Waals surface area contributed by atoms with E-state index in [1.807, 2.05) is 20.3 Å². The van der Waals surface area contributed by atoms with Crippen LogP contribution in [0, 0.1) is 12.2 Å². The van der Waals surface area contributed by atoms with Crippen LogP contribution in [0.25, 0.3) is 0 Å². The molecule has 1 unspecified atom stereocenters. The van der Waals surface area contributed by atoms with Gasteiger partial charge in [-0.25, -0.2) is 4.39 Å². The zero-order valence-corrected chi connectivity index (χ0v) is 15.4. The van der Waals surface area contributed by atoms with Crippen LogP contribution in [0.5, 0.6) is 5.75 Å². The van der Waals surface area contributed by atoms with Gasteiger partial charge in [-0.2, -0.15) is 0 Å². The average Bonchev–Trinajstić information content (AvgIpc) is 2.55. The van der Waals surface area contributed by atoms with Crippen LogP contribution in [0.4, 0.5) is 4.39 Å². The number of ether oxygens (including phenoxy) is 1. The molecular weight excluding hydrogens is 357 g/mol. The highest BCUT2D eigenvalue weighted by Gasteiger charge is 2.35. The molecule has 135 valence electrons. The van der Waals surface area contributed by atoms with E-state index in [4.69, 9.17) is 16.3 Å². The first kappa shape index (κ1) is 18.4. The van der Waals surface area contributed by atoms with E-state index in [9.17, 15) is 14.0 Å². The predicted molar refractivity (Wildman–Crippen MR) is 97.1 cm³/mol. The molecule has 1 aliphatic heterocycles. The molecule has 0 fully saturated rings. The molecular formula is C20H18ClFNO3. The highest BCUT2D eigenvalue weighted by atomic mass is 35.5. The van der Waals surface area contributed by atoms with Crippen LogP contribution in [-0.2, 0) is 0 Å². The summed E-state index contributed by atoms with van der Waals surface area (Å²) in [5.74, 6) is -0.457. The highest BCUT2D eigenvalue weighted by Crippen LogP contribution is 2.39. The molecule has 1 radical (unpaired) electrons. The van der Waals surface area contributed by atoms with Crippen molar-refractivity contribution < 1.29 is 18.7 Å². The Kier molecular flexibility index (Phi) is 4.76. The average molecular weight is 375 g/mol. The number of nitrogens with one attached hydrogen (secondary N) is 1. The molecule has 6 heteroatoms. The van der Waals surface area contributed by atoms with Gasteiger partial charge in [0.25, 0.3) is 5.91 Å². The molecule has 1 heterocycles. The van der Waals surface area contributed by atoms with Gasteiger partial charge in [0.1, 0.15) is 17.2 Å². The molecule has 3 rings (SSSR count). The first-order valence-corrected chi connectivity index (χ1v) is 8.50. The molecule has 0 bridgehead atoms. The molecule has 0 aliphatic carbocycles. The molecule has 0 saturated heterocycles. The lowest BCUT2D eigenvalue weighted by atomic mass is 9.88. The van der Waals surface area contributed by atoms with Crippen LogP contribution in [0.15, 0.2) is 36.4 Å². The van der Waals surface area contributed by atoms with Crippen molar-refractivity contribution in [3.8, 4) is 5.75 Å². The van der Waals surface area contributed by atoms with Crippen LogP contribution >= 0.6 is 11.6 Å². The molecule has 4 nitrogen and oxygen atoms in total. The Balaban J connectivity index is 1.93. The second-order valence-corrected chi connectivity index (χ2v) is 7.17. The van der Waals surface area contributed by atoms with E-state index in [2.05, 4.69) is 5.32 Å². The fourth-order valence-electron chi connectivity index (χ4n) is 2.89. The third-order valence-corrected chi connectivity index (χ3v) is 4.45. The molecule has 0 saturated carbocycles. The summed E-state index contributed by atoms with van der Waals surface area (Å²) in [5, 5.41) is 2.78. The lowest BCUT2D eigenvalue weighted by Crippen LogP contribution is -2.42. The number of rotatable bonds is 3. The first-order chi connectivity index (χ1) is 12.2. The number of amides is 1. The van der Waals surface area contributed by atoms with Gasteiger partial charge >= 0.3 is 0 Å². The topological polar surface area (TPSA) is 55.4 Å².